The number of fused-ring (bicyclic) bond motifs is 2. The van der Waals surface area contributed by atoms with Crippen molar-refractivity contribution in [3.63, 3.8) is 0 Å². The minimum atomic E-state index is -1.74. The zero-order chi connectivity index (χ0) is 16.7. The topological polar surface area (TPSA) is 48.0 Å². The second-order valence-electron chi connectivity index (χ2n) is 8.07. The van der Waals surface area contributed by atoms with Gasteiger partial charge in [0.1, 0.15) is 5.60 Å². The quantitative estimate of drug-likeness (QED) is 0.583. The Balaban J connectivity index is 2.21. The molecule has 0 radical (unpaired) electrons. The number of hydrogen-bond acceptors (Lipinski definition) is 4. The third-order valence-corrected chi connectivity index (χ3v) is 4.61. The Morgan fingerprint density at radius 2 is 1.86 bits per heavy atom. The van der Waals surface area contributed by atoms with Crippen molar-refractivity contribution in [1.29, 1.82) is 0 Å². The molecule has 1 amide bonds. The molecule has 0 saturated carbocycles. The molecular formula is C16H29NO4Si. The first-order chi connectivity index (χ1) is 10.0. The second-order valence-corrected chi connectivity index (χ2v) is 12.5. The fourth-order valence-corrected chi connectivity index (χ4v) is 3.91. The van der Waals surface area contributed by atoms with E-state index in [1.54, 1.807) is 7.11 Å². The first-order valence-corrected chi connectivity index (χ1v) is 11.4. The Morgan fingerprint density at radius 3 is 2.36 bits per heavy atom. The summed E-state index contributed by atoms with van der Waals surface area (Å²) in [5.41, 5.74) is 0.647. The fraction of sp³-hybridized carbons (Fsp3) is 0.812. The molecule has 0 spiro atoms. The van der Waals surface area contributed by atoms with E-state index < -0.39 is 13.9 Å². The van der Waals surface area contributed by atoms with E-state index in [0.717, 1.165) is 24.8 Å². The second kappa shape index (κ2) is 5.79. The Kier molecular flexibility index (Phi) is 4.53. The van der Waals surface area contributed by atoms with E-state index in [-0.39, 0.29) is 18.2 Å². The van der Waals surface area contributed by atoms with Crippen LogP contribution >= 0.6 is 0 Å². The van der Waals surface area contributed by atoms with Crippen LogP contribution < -0.4 is 0 Å². The SMILES string of the molecule is CO/C(O[Si](C)(C)C)=C1/C[C@@H]2CC[C@H]1N2C(=O)OC(C)(C)C. The van der Waals surface area contributed by atoms with Gasteiger partial charge in [-0.25, -0.2) is 4.79 Å². The molecule has 2 aliphatic rings. The van der Waals surface area contributed by atoms with Gasteiger partial charge < -0.3 is 13.9 Å². The zero-order valence-electron chi connectivity index (χ0n) is 14.9. The van der Waals surface area contributed by atoms with Crippen molar-refractivity contribution in [2.24, 2.45) is 0 Å². The maximum absolute atomic E-state index is 12.5. The number of methoxy groups -OCH3 is 1. The van der Waals surface area contributed by atoms with Crippen molar-refractivity contribution in [3.05, 3.63) is 11.5 Å². The molecule has 2 aliphatic heterocycles. The van der Waals surface area contributed by atoms with Gasteiger partial charge in [0.05, 0.1) is 13.2 Å². The highest BCUT2D eigenvalue weighted by Gasteiger charge is 2.49. The van der Waals surface area contributed by atoms with Gasteiger partial charge in [-0.3, -0.25) is 4.90 Å². The first kappa shape index (κ1) is 17.2. The van der Waals surface area contributed by atoms with Crippen molar-refractivity contribution in [2.75, 3.05) is 7.11 Å². The molecule has 2 rings (SSSR count). The number of hydrogen-bond donors (Lipinski definition) is 0. The van der Waals surface area contributed by atoms with Crippen molar-refractivity contribution in [3.8, 4) is 0 Å². The van der Waals surface area contributed by atoms with E-state index in [0.29, 0.717) is 5.95 Å². The molecule has 0 aromatic rings. The van der Waals surface area contributed by atoms with Crippen LogP contribution in [0.2, 0.25) is 19.6 Å². The summed E-state index contributed by atoms with van der Waals surface area (Å²) >= 11 is 0. The molecule has 0 aromatic carbocycles. The zero-order valence-corrected chi connectivity index (χ0v) is 15.9. The van der Waals surface area contributed by atoms with Crippen LogP contribution in [0.25, 0.3) is 0 Å². The minimum Gasteiger partial charge on any atom is -0.520 e. The summed E-state index contributed by atoms with van der Waals surface area (Å²) in [5.74, 6) is 0.625. The van der Waals surface area contributed by atoms with Gasteiger partial charge in [0.2, 0.25) is 8.32 Å². The van der Waals surface area contributed by atoms with Crippen molar-refractivity contribution in [1.82, 2.24) is 4.90 Å². The van der Waals surface area contributed by atoms with Gasteiger partial charge in [0, 0.05) is 11.6 Å². The molecule has 2 heterocycles. The maximum Gasteiger partial charge on any atom is 0.411 e. The number of rotatable bonds is 3. The van der Waals surface area contributed by atoms with E-state index in [9.17, 15) is 4.79 Å². The fourth-order valence-electron chi connectivity index (χ4n) is 3.14. The van der Waals surface area contributed by atoms with Crippen LogP contribution in [0.1, 0.15) is 40.0 Å². The molecule has 22 heavy (non-hydrogen) atoms. The summed E-state index contributed by atoms with van der Waals surface area (Å²) in [4.78, 5) is 14.4. The van der Waals surface area contributed by atoms with Gasteiger partial charge in [-0.2, -0.15) is 0 Å². The van der Waals surface area contributed by atoms with Gasteiger partial charge in [-0.15, -0.1) is 0 Å². The Morgan fingerprint density at radius 1 is 1.23 bits per heavy atom. The van der Waals surface area contributed by atoms with Crippen LogP contribution in [0.5, 0.6) is 0 Å². The summed E-state index contributed by atoms with van der Waals surface area (Å²) in [7, 11) is -0.0962. The average Bonchev–Trinajstić information content (AvgIpc) is 2.89. The van der Waals surface area contributed by atoms with Crippen LogP contribution in [-0.2, 0) is 13.9 Å². The summed E-state index contributed by atoms with van der Waals surface area (Å²) in [6.45, 7) is 12.1. The number of carbonyl (C=O) groups is 1. The molecule has 0 aliphatic carbocycles. The number of amides is 1. The standard InChI is InChI=1S/C16H29NO4Si/c1-16(2,3)20-15(18)17-11-8-9-13(17)12(10-11)14(19-4)21-22(5,6)7/h11,13H,8-10H2,1-7H3/b14-12+/t11-,13+/m0/s1. The molecule has 0 unspecified atom stereocenters. The molecule has 126 valence electrons. The Hall–Kier alpha value is -1.17. The monoisotopic (exact) mass is 327 g/mol. The summed E-state index contributed by atoms with van der Waals surface area (Å²) < 4.78 is 17.1. The first-order valence-electron chi connectivity index (χ1n) is 7.99. The van der Waals surface area contributed by atoms with E-state index in [1.807, 2.05) is 25.7 Å². The van der Waals surface area contributed by atoms with Crippen molar-refractivity contribution >= 4 is 14.4 Å². The third kappa shape index (κ3) is 3.77. The van der Waals surface area contributed by atoms with Crippen LogP contribution in [-0.4, -0.2) is 44.1 Å². The molecule has 2 saturated heterocycles. The number of carbonyl (C=O) groups excluding carboxylic acids is 1. The maximum atomic E-state index is 12.5. The van der Waals surface area contributed by atoms with Crippen LogP contribution in [0, 0.1) is 0 Å². The lowest BCUT2D eigenvalue weighted by Crippen LogP contribution is -2.40. The van der Waals surface area contributed by atoms with E-state index in [2.05, 4.69) is 19.6 Å². The van der Waals surface area contributed by atoms with E-state index in [4.69, 9.17) is 13.9 Å². The van der Waals surface area contributed by atoms with E-state index in [1.165, 1.54) is 0 Å². The molecular weight excluding hydrogens is 298 g/mol. The number of ether oxygens (including phenoxy) is 2. The third-order valence-electron chi connectivity index (χ3n) is 3.81. The molecule has 2 bridgehead atoms. The van der Waals surface area contributed by atoms with Gasteiger partial charge in [0.25, 0.3) is 5.95 Å². The van der Waals surface area contributed by atoms with Gasteiger partial charge in [-0.05, 0) is 59.7 Å². The smallest absolute Gasteiger partial charge is 0.411 e. The summed E-state index contributed by atoms with van der Waals surface area (Å²) in [5, 5.41) is 0. The highest BCUT2D eigenvalue weighted by atomic mass is 28.4. The molecule has 0 N–H and O–H groups in total. The van der Waals surface area contributed by atoms with Crippen molar-refractivity contribution in [2.45, 2.75) is 77.4 Å². The van der Waals surface area contributed by atoms with Gasteiger partial charge >= 0.3 is 6.09 Å². The van der Waals surface area contributed by atoms with E-state index >= 15 is 0 Å². The largest absolute Gasteiger partial charge is 0.520 e. The molecule has 2 atom stereocenters. The average molecular weight is 327 g/mol. The minimum absolute atomic E-state index is 0.0612. The van der Waals surface area contributed by atoms with Crippen LogP contribution in [0.3, 0.4) is 0 Å². The molecule has 5 nitrogen and oxygen atoms in total. The number of nitrogens with zero attached hydrogens (tertiary/aromatic N) is 1. The summed E-state index contributed by atoms with van der Waals surface area (Å²) in [6.07, 6.45) is 2.59. The Bertz CT molecular complexity index is 476. The lowest BCUT2D eigenvalue weighted by molar-refractivity contribution is 0.0222. The predicted octanol–water partition coefficient (Wildman–Crippen LogP) is 3.87. The predicted molar refractivity (Wildman–Crippen MR) is 88.0 cm³/mol. The molecule has 0 aromatic heterocycles. The highest BCUT2D eigenvalue weighted by Crippen LogP contribution is 2.44. The van der Waals surface area contributed by atoms with Gasteiger partial charge in [0.15, 0.2) is 0 Å². The lowest BCUT2D eigenvalue weighted by atomic mass is 9.96. The van der Waals surface area contributed by atoms with Crippen LogP contribution in [0.4, 0.5) is 4.79 Å². The Labute approximate surface area is 134 Å². The lowest BCUT2D eigenvalue weighted by Gasteiger charge is -2.28. The molecule has 2 fully saturated rings. The summed E-state index contributed by atoms with van der Waals surface area (Å²) in [6, 6.07) is 0.274. The van der Waals surface area contributed by atoms with Gasteiger partial charge in [-0.1, -0.05) is 0 Å². The van der Waals surface area contributed by atoms with Crippen LogP contribution in [0.15, 0.2) is 11.5 Å². The normalized spacial score (nSPS) is 27.0. The highest BCUT2D eigenvalue weighted by molar-refractivity contribution is 6.70. The molecule has 6 heteroatoms. The van der Waals surface area contributed by atoms with Crippen molar-refractivity contribution < 1.29 is 18.7 Å².